The van der Waals surface area contributed by atoms with Gasteiger partial charge < -0.3 is 19.5 Å². The van der Waals surface area contributed by atoms with Gasteiger partial charge in [0.25, 0.3) is 5.91 Å². The number of hydrogen-bond donors (Lipinski definition) is 1. The molecule has 1 aromatic heterocycles. The average molecular weight is 388 g/mol. The third-order valence-corrected chi connectivity index (χ3v) is 5.27. The van der Waals surface area contributed by atoms with Gasteiger partial charge in [0.2, 0.25) is 0 Å². The monoisotopic (exact) mass is 387 g/mol. The summed E-state index contributed by atoms with van der Waals surface area (Å²) < 4.78 is 7.89. The number of benzene rings is 1. The van der Waals surface area contributed by atoms with Crippen molar-refractivity contribution in [2.45, 2.75) is 66.5 Å². The maximum absolute atomic E-state index is 13.0. The number of hydrogen-bond acceptors (Lipinski definition) is 3. The first kappa shape index (κ1) is 22.3. The lowest BCUT2D eigenvalue weighted by molar-refractivity contribution is 0.0928. The number of nitrogens with zero attached hydrogens (tertiary/aromatic N) is 2. The van der Waals surface area contributed by atoms with Crippen molar-refractivity contribution in [2.24, 2.45) is 0 Å². The molecule has 1 N–H and O–H groups in total. The Labute approximate surface area is 170 Å². The summed E-state index contributed by atoms with van der Waals surface area (Å²) in [4.78, 5) is 15.4. The molecule has 0 saturated heterocycles. The number of aromatic nitrogens is 1. The number of aryl methyl sites for hydroxylation is 1. The van der Waals surface area contributed by atoms with Crippen LogP contribution in [-0.2, 0) is 6.54 Å². The van der Waals surface area contributed by atoms with Crippen LogP contribution in [0.15, 0.2) is 24.3 Å². The minimum absolute atomic E-state index is 0.00226. The second-order valence-corrected chi connectivity index (χ2v) is 7.35. The molecule has 1 unspecified atom stereocenters. The molecule has 0 saturated carbocycles. The Morgan fingerprint density at radius 2 is 1.96 bits per heavy atom. The predicted molar refractivity (Wildman–Crippen MR) is 117 cm³/mol. The molecule has 0 radical (unpaired) electrons. The Morgan fingerprint density at radius 1 is 1.21 bits per heavy atom. The molecule has 5 nitrogen and oxygen atoms in total. The van der Waals surface area contributed by atoms with Gasteiger partial charge in [-0.05, 0) is 70.9 Å². The van der Waals surface area contributed by atoms with Gasteiger partial charge in [0.05, 0.1) is 12.1 Å². The molecule has 1 atom stereocenters. The van der Waals surface area contributed by atoms with Crippen LogP contribution < -0.4 is 10.1 Å². The number of carbonyl (C=O) groups is 1. The zero-order chi connectivity index (χ0) is 20.5. The van der Waals surface area contributed by atoms with E-state index < -0.39 is 0 Å². The molecule has 28 heavy (non-hydrogen) atoms. The SMILES string of the molecule is CCCn1c(C(=O)NC(C)CCCN(CC)CC)cc2c(OCC)cccc21. The highest BCUT2D eigenvalue weighted by molar-refractivity contribution is 6.00. The van der Waals surface area contributed by atoms with Gasteiger partial charge >= 0.3 is 0 Å². The second kappa shape index (κ2) is 11.1. The molecule has 0 aliphatic rings. The predicted octanol–water partition coefficient (Wildman–Crippen LogP) is 4.69. The van der Waals surface area contributed by atoms with Crippen LogP contribution in [0.3, 0.4) is 0 Å². The lowest BCUT2D eigenvalue weighted by atomic mass is 10.1. The van der Waals surface area contributed by atoms with E-state index in [0.29, 0.717) is 6.61 Å². The zero-order valence-electron chi connectivity index (χ0n) is 18.3. The van der Waals surface area contributed by atoms with E-state index >= 15 is 0 Å². The molecule has 0 spiro atoms. The zero-order valence-corrected chi connectivity index (χ0v) is 18.3. The van der Waals surface area contributed by atoms with Gasteiger partial charge in [-0.1, -0.05) is 26.8 Å². The van der Waals surface area contributed by atoms with Crippen molar-refractivity contribution in [3.63, 3.8) is 0 Å². The number of amides is 1. The standard InChI is InChI=1S/C23H37N3O2/c1-6-15-26-20-13-10-14-22(28-9-4)19(20)17-21(26)23(27)24-18(5)12-11-16-25(7-2)8-3/h10,13-14,17-18H,6-9,11-12,15-16H2,1-5H3,(H,24,27). The number of carbonyl (C=O) groups excluding carboxylic acids is 1. The third kappa shape index (κ3) is 5.51. The lowest BCUT2D eigenvalue weighted by Crippen LogP contribution is -2.34. The van der Waals surface area contributed by atoms with Gasteiger partial charge in [0.1, 0.15) is 11.4 Å². The van der Waals surface area contributed by atoms with Crippen molar-refractivity contribution in [3.8, 4) is 5.75 Å². The van der Waals surface area contributed by atoms with Crippen LogP contribution >= 0.6 is 0 Å². The Bertz CT molecular complexity index is 750. The Hall–Kier alpha value is -2.01. The normalized spacial score (nSPS) is 12.5. The van der Waals surface area contributed by atoms with E-state index in [1.54, 1.807) is 0 Å². The minimum atomic E-state index is 0.00226. The summed E-state index contributed by atoms with van der Waals surface area (Å²) in [5.74, 6) is 0.846. The summed E-state index contributed by atoms with van der Waals surface area (Å²) in [7, 11) is 0. The van der Waals surface area contributed by atoms with Gasteiger partial charge in [-0.2, -0.15) is 0 Å². The number of fused-ring (bicyclic) bond motifs is 1. The van der Waals surface area contributed by atoms with Crippen molar-refractivity contribution in [1.29, 1.82) is 0 Å². The van der Waals surface area contributed by atoms with Crippen molar-refractivity contribution >= 4 is 16.8 Å². The van der Waals surface area contributed by atoms with Crippen molar-refractivity contribution < 1.29 is 9.53 Å². The molecule has 0 fully saturated rings. The topological polar surface area (TPSA) is 46.5 Å². The lowest BCUT2D eigenvalue weighted by Gasteiger charge is -2.20. The number of rotatable bonds is 12. The Kier molecular flexibility index (Phi) is 8.84. The van der Waals surface area contributed by atoms with Crippen LogP contribution in [-0.4, -0.2) is 47.7 Å². The number of ether oxygens (including phenoxy) is 1. The fourth-order valence-electron chi connectivity index (χ4n) is 3.72. The molecule has 1 heterocycles. The quantitative estimate of drug-likeness (QED) is 0.575. The summed E-state index contributed by atoms with van der Waals surface area (Å²) >= 11 is 0. The highest BCUT2D eigenvalue weighted by Gasteiger charge is 2.19. The maximum Gasteiger partial charge on any atom is 0.268 e. The van der Waals surface area contributed by atoms with Gasteiger partial charge in [-0.15, -0.1) is 0 Å². The van der Waals surface area contributed by atoms with Gasteiger partial charge in [-0.25, -0.2) is 0 Å². The summed E-state index contributed by atoms with van der Waals surface area (Å²) in [6, 6.07) is 8.17. The molecule has 0 aliphatic carbocycles. The maximum atomic E-state index is 13.0. The van der Waals surface area contributed by atoms with Crippen molar-refractivity contribution in [1.82, 2.24) is 14.8 Å². The number of nitrogens with one attached hydrogen (secondary N) is 1. The van der Waals surface area contributed by atoms with E-state index in [4.69, 9.17) is 4.74 Å². The Balaban J connectivity index is 2.13. The third-order valence-electron chi connectivity index (χ3n) is 5.27. The van der Waals surface area contributed by atoms with Crippen LogP contribution in [0.25, 0.3) is 10.9 Å². The molecule has 2 aromatic rings. The van der Waals surface area contributed by atoms with E-state index in [9.17, 15) is 4.79 Å². The molecular weight excluding hydrogens is 350 g/mol. The van der Waals surface area contributed by atoms with Crippen molar-refractivity contribution in [3.05, 3.63) is 30.0 Å². The van der Waals surface area contributed by atoms with Crippen LogP contribution in [0.2, 0.25) is 0 Å². The smallest absolute Gasteiger partial charge is 0.268 e. The van der Waals surface area contributed by atoms with E-state index in [1.165, 1.54) is 0 Å². The second-order valence-electron chi connectivity index (χ2n) is 7.35. The highest BCUT2D eigenvalue weighted by atomic mass is 16.5. The van der Waals surface area contributed by atoms with Crippen LogP contribution in [0.4, 0.5) is 0 Å². The fraction of sp³-hybridized carbons (Fsp3) is 0.609. The summed E-state index contributed by atoms with van der Waals surface area (Å²) in [6.07, 6.45) is 3.05. The molecule has 2 rings (SSSR count). The molecule has 1 aromatic carbocycles. The molecule has 5 heteroatoms. The Morgan fingerprint density at radius 3 is 2.61 bits per heavy atom. The van der Waals surface area contributed by atoms with Gasteiger partial charge in [0, 0.05) is 18.0 Å². The van der Waals surface area contributed by atoms with Crippen LogP contribution in [0, 0.1) is 0 Å². The average Bonchev–Trinajstić information content (AvgIpc) is 3.06. The van der Waals surface area contributed by atoms with Gasteiger partial charge in [-0.3, -0.25) is 4.79 Å². The molecule has 156 valence electrons. The largest absolute Gasteiger partial charge is 0.493 e. The molecule has 1 amide bonds. The van der Waals surface area contributed by atoms with E-state index in [-0.39, 0.29) is 11.9 Å². The first-order valence-electron chi connectivity index (χ1n) is 10.8. The van der Waals surface area contributed by atoms with E-state index in [0.717, 1.165) is 67.8 Å². The summed E-state index contributed by atoms with van der Waals surface area (Å²) in [6.45, 7) is 15.3. The van der Waals surface area contributed by atoms with Crippen LogP contribution in [0.1, 0.15) is 64.4 Å². The van der Waals surface area contributed by atoms with E-state index in [2.05, 4.69) is 48.5 Å². The highest BCUT2D eigenvalue weighted by Crippen LogP contribution is 2.29. The van der Waals surface area contributed by atoms with Gasteiger partial charge in [0.15, 0.2) is 0 Å². The van der Waals surface area contributed by atoms with Crippen LogP contribution in [0.5, 0.6) is 5.75 Å². The summed E-state index contributed by atoms with van der Waals surface area (Å²) in [5.41, 5.74) is 1.78. The summed E-state index contributed by atoms with van der Waals surface area (Å²) in [5, 5.41) is 4.21. The van der Waals surface area contributed by atoms with Crippen molar-refractivity contribution in [2.75, 3.05) is 26.2 Å². The minimum Gasteiger partial charge on any atom is -0.493 e. The van der Waals surface area contributed by atoms with E-state index in [1.807, 2.05) is 25.1 Å². The molecule has 0 aliphatic heterocycles. The first-order valence-corrected chi connectivity index (χ1v) is 10.8. The molecule has 0 bridgehead atoms. The fourth-order valence-corrected chi connectivity index (χ4v) is 3.72. The first-order chi connectivity index (χ1) is 13.5. The molecular formula is C23H37N3O2.